The summed E-state index contributed by atoms with van der Waals surface area (Å²) in [5, 5.41) is 22.3. The minimum atomic E-state index is -0.692. The van der Waals surface area contributed by atoms with Crippen molar-refractivity contribution in [2.75, 3.05) is 12.4 Å². The molecule has 0 aromatic carbocycles. The van der Waals surface area contributed by atoms with E-state index in [1.54, 1.807) is 22.6 Å². The van der Waals surface area contributed by atoms with Gasteiger partial charge in [0.25, 0.3) is 0 Å². The quantitative estimate of drug-likeness (QED) is 0.651. The number of aryl methyl sites for hydroxylation is 1. The van der Waals surface area contributed by atoms with Gasteiger partial charge in [-0.25, -0.2) is 0 Å². The van der Waals surface area contributed by atoms with Crippen molar-refractivity contribution < 1.29 is 10.2 Å². The zero-order valence-electron chi connectivity index (χ0n) is 9.58. The van der Waals surface area contributed by atoms with Crippen LogP contribution >= 0.6 is 11.8 Å². The Morgan fingerprint density at radius 3 is 2.75 bits per heavy atom. The van der Waals surface area contributed by atoms with E-state index in [0.717, 1.165) is 5.56 Å². The fourth-order valence-electron chi connectivity index (χ4n) is 1.41. The number of hydrogen-bond acceptors (Lipinski definition) is 5. The van der Waals surface area contributed by atoms with Gasteiger partial charge in [-0.05, 0) is 6.92 Å². The Bertz CT molecular complexity index is 317. The van der Waals surface area contributed by atoms with E-state index in [-0.39, 0.29) is 17.9 Å². The van der Waals surface area contributed by atoms with Crippen molar-refractivity contribution in [1.82, 2.24) is 9.78 Å². The third-order valence-electron chi connectivity index (χ3n) is 2.21. The minimum absolute atomic E-state index is 0.0277. The van der Waals surface area contributed by atoms with E-state index in [2.05, 4.69) is 5.10 Å². The van der Waals surface area contributed by atoms with E-state index >= 15 is 0 Å². The molecule has 0 aliphatic heterocycles. The summed E-state index contributed by atoms with van der Waals surface area (Å²) in [6.07, 6.45) is 3.02. The van der Waals surface area contributed by atoms with Crippen LogP contribution in [0.25, 0.3) is 0 Å². The van der Waals surface area contributed by atoms with Gasteiger partial charge in [0.05, 0.1) is 18.9 Å². The van der Waals surface area contributed by atoms with Crippen molar-refractivity contribution in [3.8, 4) is 0 Å². The van der Waals surface area contributed by atoms with Gasteiger partial charge in [-0.3, -0.25) is 4.68 Å². The van der Waals surface area contributed by atoms with Crippen LogP contribution in [0, 0.1) is 0 Å². The van der Waals surface area contributed by atoms with Crippen molar-refractivity contribution in [3.05, 3.63) is 18.0 Å². The lowest BCUT2D eigenvalue weighted by molar-refractivity contribution is 0.113. The average Bonchev–Trinajstić information content (AvgIpc) is 2.64. The zero-order chi connectivity index (χ0) is 12.1. The molecule has 0 amide bonds. The lowest BCUT2D eigenvalue weighted by Gasteiger charge is -2.20. The molecule has 0 aliphatic rings. The maximum Gasteiger partial charge on any atom is 0.0861 e. The SMILES string of the molecule is CC(N)C(SCC(O)CO)c1cnn(C)c1. The summed E-state index contributed by atoms with van der Waals surface area (Å²) in [6, 6.07) is -0.0277. The van der Waals surface area contributed by atoms with Gasteiger partial charge in [-0.15, -0.1) is 11.8 Å². The Labute approximate surface area is 99.6 Å². The van der Waals surface area contributed by atoms with Crippen LogP contribution in [0.3, 0.4) is 0 Å². The van der Waals surface area contributed by atoms with Crippen molar-refractivity contribution >= 4 is 11.8 Å². The molecule has 0 fully saturated rings. The summed E-state index contributed by atoms with van der Waals surface area (Å²) >= 11 is 1.54. The van der Waals surface area contributed by atoms with Gasteiger partial charge >= 0.3 is 0 Å². The predicted molar refractivity (Wildman–Crippen MR) is 65.1 cm³/mol. The molecule has 0 radical (unpaired) electrons. The van der Waals surface area contributed by atoms with Gasteiger partial charge in [0, 0.05) is 35.9 Å². The van der Waals surface area contributed by atoms with Gasteiger partial charge in [0.1, 0.15) is 0 Å². The van der Waals surface area contributed by atoms with Crippen LogP contribution in [0.5, 0.6) is 0 Å². The smallest absolute Gasteiger partial charge is 0.0861 e. The highest BCUT2D eigenvalue weighted by molar-refractivity contribution is 7.99. The first-order chi connectivity index (χ1) is 7.54. The van der Waals surface area contributed by atoms with Crippen molar-refractivity contribution in [2.24, 2.45) is 12.8 Å². The topological polar surface area (TPSA) is 84.3 Å². The zero-order valence-corrected chi connectivity index (χ0v) is 10.4. The standard InChI is InChI=1S/C10H19N3O2S/c1-7(11)10(16-6-9(15)5-14)8-3-12-13(2)4-8/h3-4,7,9-10,14-15H,5-6,11H2,1-2H3. The Balaban J connectivity index is 2.61. The number of hydrogen-bond donors (Lipinski definition) is 3. The second-order valence-corrected chi connectivity index (χ2v) is 5.07. The molecule has 92 valence electrons. The Kier molecular flexibility index (Phi) is 5.27. The second-order valence-electron chi connectivity index (χ2n) is 3.90. The average molecular weight is 245 g/mol. The monoisotopic (exact) mass is 245 g/mol. The molecule has 0 saturated heterocycles. The van der Waals surface area contributed by atoms with Crippen LogP contribution in [0.15, 0.2) is 12.4 Å². The highest BCUT2D eigenvalue weighted by atomic mass is 32.2. The molecule has 0 spiro atoms. The maximum atomic E-state index is 9.31. The van der Waals surface area contributed by atoms with Crippen LogP contribution < -0.4 is 5.73 Å². The number of rotatable bonds is 6. The molecule has 0 bridgehead atoms. The second kappa shape index (κ2) is 6.24. The first kappa shape index (κ1) is 13.5. The van der Waals surface area contributed by atoms with Crippen molar-refractivity contribution in [3.63, 3.8) is 0 Å². The molecule has 0 aliphatic carbocycles. The molecule has 1 aromatic heterocycles. The number of aliphatic hydroxyl groups excluding tert-OH is 2. The molecule has 4 N–H and O–H groups in total. The minimum Gasteiger partial charge on any atom is -0.394 e. The Hall–Kier alpha value is -0.560. The fourth-order valence-corrected chi connectivity index (χ4v) is 2.56. The number of aliphatic hydroxyl groups is 2. The van der Waals surface area contributed by atoms with Gasteiger partial charge in [0.2, 0.25) is 0 Å². The normalized spacial score (nSPS) is 17.1. The van der Waals surface area contributed by atoms with Crippen LogP contribution in [0.1, 0.15) is 17.7 Å². The summed E-state index contributed by atoms with van der Waals surface area (Å²) < 4.78 is 1.73. The van der Waals surface area contributed by atoms with E-state index in [4.69, 9.17) is 10.8 Å². The van der Waals surface area contributed by atoms with Gasteiger partial charge in [-0.2, -0.15) is 5.10 Å². The lowest BCUT2D eigenvalue weighted by Crippen LogP contribution is -2.25. The first-order valence-electron chi connectivity index (χ1n) is 5.19. The molecule has 3 atom stereocenters. The summed E-state index contributed by atoms with van der Waals surface area (Å²) in [5.74, 6) is 0.470. The van der Waals surface area contributed by atoms with Crippen LogP contribution in [0.4, 0.5) is 0 Å². The van der Waals surface area contributed by atoms with Crippen LogP contribution in [-0.4, -0.2) is 44.5 Å². The summed E-state index contributed by atoms with van der Waals surface area (Å²) in [5.41, 5.74) is 6.95. The van der Waals surface area contributed by atoms with Crippen LogP contribution in [-0.2, 0) is 7.05 Å². The molecule has 1 heterocycles. The van der Waals surface area contributed by atoms with Crippen molar-refractivity contribution in [1.29, 1.82) is 0 Å². The molecule has 6 heteroatoms. The molecule has 1 rings (SSSR count). The van der Waals surface area contributed by atoms with Gasteiger partial charge < -0.3 is 15.9 Å². The predicted octanol–water partition coefficient (Wildman–Crippen LogP) is -0.105. The van der Waals surface area contributed by atoms with E-state index in [0.29, 0.717) is 5.75 Å². The number of aromatic nitrogens is 2. The van der Waals surface area contributed by atoms with E-state index in [9.17, 15) is 5.11 Å². The summed E-state index contributed by atoms with van der Waals surface area (Å²) in [7, 11) is 1.86. The molecule has 3 unspecified atom stereocenters. The van der Waals surface area contributed by atoms with Gasteiger partial charge in [0.15, 0.2) is 0 Å². The largest absolute Gasteiger partial charge is 0.394 e. The summed E-state index contributed by atoms with van der Waals surface area (Å²) in [4.78, 5) is 0. The fraction of sp³-hybridized carbons (Fsp3) is 0.700. The Morgan fingerprint density at radius 2 is 2.31 bits per heavy atom. The number of nitrogens with zero attached hydrogens (tertiary/aromatic N) is 2. The summed E-state index contributed by atoms with van der Waals surface area (Å²) in [6.45, 7) is 1.71. The van der Waals surface area contributed by atoms with E-state index in [1.165, 1.54) is 0 Å². The van der Waals surface area contributed by atoms with E-state index < -0.39 is 6.10 Å². The van der Waals surface area contributed by atoms with Crippen molar-refractivity contribution in [2.45, 2.75) is 24.3 Å². The maximum absolute atomic E-state index is 9.31. The molecular weight excluding hydrogens is 226 g/mol. The number of nitrogens with two attached hydrogens (primary N) is 1. The molecular formula is C10H19N3O2S. The molecule has 1 aromatic rings. The highest BCUT2D eigenvalue weighted by Gasteiger charge is 2.19. The number of thioether (sulfide) groups is 1. The van der Waals surface area contributed by atoms with Crippen LogP contribution in [0.2, 0.25) is 0 Å². The van der Waals surface area contributed by atoms with E-state index in [1.807, 2.05) is 20.2 Å². The molecule has 5 nitrogen and oxygen atoms in total. The third-order valence-corrected chi connectivity index (χ3v) is 3.85. The molecule has 16 heavy (non-hydrogen) atoms. The third kappa shape index (κ3) is 3.79. The first-order valence-corrected chi connectivity index (χ1v) is 6.24. The molecule has 0 saturated carbocycles. The Morgan fingerprint density at radius 1 is 1.62 bits per heavy atom. The van der Waals surface area contributed by atoms with Gasteiger partial charge in [-0.1, -0.05) is 0 Å². The highest BCUT2D eigenvalue weighted by Crippen LogP contribution is 2.31. The lowest BCUT2D eigenvalue weighted by atomic mass is 10.1.